The summed E-state index contributed by atoms with van der Waals surface area (Å²) in [5.74, 6) is 0.183. The SMILES string of the molecule is COCC(CCl)NC(=O)c1cc(Br)ccc1I. The highest BCUT2D eigenvalue weighted by atomic mass is 127. The largest absolute Gasteiger partial charge is 0.383 e. The number of hydrogen-bond donors (Lipinski definition) is 1. The van der Waals surface area contributed by atoms with E-state index in [4.69, 9.17) is 16.3 Å². The Hall–Kier alpha value is 0.150. The van der Waals surface area contributed by atoms with E-state index >= 15 is 0 Å². The predicted molar refractivity (Wildman–Crippen MR) is 80.7 cm³/mol. The van der Waals surface area contributed by atoms with Crippen LogP contribution >= 0.6 is 50.1 Å². The molecule has 1 amide bonds. The summed E-state index contributed by atoms with van der Waals surface area (Å²) < 4.78 is 6.74. The predicted octanol–water partition coefficient (Wildman–Crippen LogP) is 3.04. The van der Waals surface area contributed by atoms with Gasteiger partial charge in [-0.1, -0.05) is 15.9 Å². The Morgan fingerprint density at radius 3 is 2.94 bits per heavy atom. The number of halogens is 3. The molecule has 0 saturated heterocycles. The molecule has 0 radical (unpaired) electrons. The summed E-state index contributed by atoms with van der Waals surface area (Å²) in [4.78, 5) is 12.0. The summed E-state index contributed by atoms with van der Waals surface area (Å²) >= 11 is 11.2. The van der Waals surface area contributed by atoms with Crippen molar-refractivity contribution < 1.29 is 9.53 Å². The Morgan fingerprint density at radius 2 is 2.35 bits per heavy atom. The van der Waals surface area contributed by atoms with E-state index in [2.05, 4.69) is 43.8 Å². The van der Waals surface area contributed by atoms with Gasteiger partial charge >= 0.3 is 0 Å². The summed E-state index contributed by atoms with van der Waals surface area (Å²) in [6, 6.07) is 5.39. The molecule has 0 heterocycles. The fourth-order valence-corrected chi connectivity index (χ4v) is 2.37. The summed E-state index contributed by atoms with van der Waals surface area (Å²) in [6.45, 7) is 0.403. The van der Waals surface area contributed by atoms with E-state index in [1.54, 1.807) is 13.2 Å². The zero-order valence-electron chi connectivity index (χ0n) is 9.17. The summed E-state index contributed by atoms with van der Waals surface area (Å²) in [7, 11) is 1.58. The molecule has 6 heteroatoms. The first-order valence-corrected chi connectivity index (χ1v) is 7.30. The van der Waals surface area contributed by atoms with E-state index in [0.29, 0.717) is 18.1 Å². The Kier molecular flexibility index (Phi) is 6.76. The Bertz CT molecular complexity index is 403. The maximum atomic E-state index is 12.0. The average Bonchev–Trinajstić information content (AvgIpc) is 2.31. The molecule has 0 aliphatic heterocycles. The van der Waals surface area contributed by atoms with Gasteiger partial charge in [0.15, 0.2) is 0 Å². The molecule has 0 aliphatic rings. The maximum Gasteiger partial charge on any atom is 0.252 e. The van der Waals surface area contributed by atoms with E-state index in [-0.39, 0.29) is 11.9 Å². The molecule has 0 aliphatic carbocycles. The minimum Gasteiger partial charge on any atom is -0.383 e. The highest BCUT2D eigenvalue weighted by Gasteiger charge is 2.15. The van der Waals surface area contributed by atoms with Gasteiger partial charge in [0.25, 0.3) is 5.91 Å². The number of methoxy groups -OCH3 is 1. The van der Waals surface area contributed by atoms with Crippen LogP contribution in [0.4, 0.5) is 0 Å². The molecule has 1 atom stereocenters. The number of ether oxygens (including phenoxy) is 1. The van der Waals surface area contributed by atoms with Crippen LogP contribution in [0.25, 0.3) is 0 Å². The second-order valence-electron chi connectivity index (χ2n) is 3.40. The van der Waals surface area contributed by atoms with Crippen LogP contribution in [-0.4, -0.2) is 31.5 Å². The minimum absolute atomic E-state index is 0.140. The van der Waals surface area contributed by atoms with E-state index in [1.165, 1.54) is 0 Å². The molecular formula is C11H12BrClINO2. The lowest BCUT2D eigenvalue weighted by Crippen LogP contribution is -2.39. The molecule has 0 fully saturated rings. The fourth-order valence-electron chi connectivity index (χ4n) is 1.26. The molecule has 1 aromatic rings. The molecule has 94 valence electrons. The lowest BCUT2D eigenvalue weighted by molar-refractivity contribution is 0.0906. The molecule has 17 heavy (non-hydrogen) atoms. The lowest BCUT2D eigenvalue weighted by atomic mass is 10.2. The van der Waals surface area contributed by atoms with Crippen LogP contribution in [0.15, 0.2) is 22.7 Å². The van der Waals surface area contributed by atoms with Crippen LogP contribution in [0.3, 0.4) is 0 Å². The lowest BCUT2D eigenvalue weighted by Gasteiger charge is -2.15. The molecule has 1 N–H and O–H groups in total. The Labute approximate surface area is 128 Å². The van der Waals surface area contributed by atoms with Crippen LogP contribution in [0, 0.1) is 3.57 Å². The van der Waals surface area contributed by atoms with Gasteiger partial charge in [0.2, 0.25) is 0 Å². The maximum absolute atomic E-state index is 12.0. The van der Waals surface area contributed by atoms with Crippen molar-refractivity contribution in [3.63, 3.8) is 0 Å². The van der Waals surface area contributed by atoms with Crippen LogP contribution in [0.2, 0.25) is 0 Å². The van der Waals surface area contributed by atoms with Gasteiger partial charge in [-0.3, -0.25) is 4.79 Å². The molecule has 1 aromatic carbocycles. The van der Waals surface area contributed by atoms with Gasteiger partial charge in [0.05, 0.1) is 18.2 Å². The van der Waals surface area contributed by atoms with Crippen molar-refractivity contribution in [2.75, 3.05) is 19.6 Å². The smallest absolute Gasteiger partial charge is 0.252 e. The first-order valence-electron chi connectivity index (χ1n) is 4.89. The minimum atomic E-state index is -0.177. The number of hydrogen-bond acceptors (Lipinski definition) is 2. The van der Waals surface area contributed by atoms with Crippen LogP contribution in [0.5, 0.6) is 0 Å². The Morgan fingerprint density at radius 1 is 1.65 bits per heavy atom. The third-order valence-electron chi connectivity index (χ3n) is 2.06. The Balaban J connectivity index is 2.78. The van der Waals surface area contributed by atoms with Crippen molar-refractivity contribution in [1.82, 2.24) is 5.32 Å². The quantitative estimate of drug-likeness (QED) is 0.574. The van der Waals surface area contributed by atoms with Crippen molar-refractivity contribution in [2.45, 2.75) is 6.04 Å². The van der Waals surface area contributed by atoms with Gasteiger partial charge in [0, 0.05) is 21.0 Å². The second-order valence-corrected chi connectivity index (χ2v) is 5.79. The van der Waals surface area contributed by atoms with Gasteiger partial charge in [-0.2, -0.15) is 0 Å². The number of rotatable bonds is 5. The van der Waals surface area contributed by atoms with Gasteiger partial charge < -0.3 is 10.1 Å². The first kappa shape index (κ1) is 15.2. The third kappa shape index (κ3) is 4.73. The van der Waals surface area contributed by atoms with E-state index in [0.717, 1.165) is 8.04 Å². The summed E-state index contributed by atoms with van der Waals surface area (Å²) in [6.07, 6.45) is 0. The standard InChI is InChI=1S/C11H12BrClINO2/c1-17-6-8(5-13)15-11(16)9-4-7(12)2-3-10(9)14/h2-4,8H,5-6H2,1H3,(H,15,16). The zero-order valence-corrected chi connectivity index (χ0v) is 13.7. The molecular weight excluding hydrogens is 420 g/mol. The van der Waals surface area contributed by atoms with E-state index in [1.807, 2.05) is 12.1 Å². The van der Waals surface area contributed by atoms with Crippen molar-refractivity contribution in [2.24, 2.45) is 0 Å². The van der Waals surface area contributed by atoms with Crippen molar-refractivity contribution in [3.05, 3.63) is 31.8 Å². The van der Waals surface area contributed by atoms with Crippen LogP contribution in [0.1, 0.15) is 10.4 Å². The van der Waals surface area contributed by atoms with Gasteiger partial charge in [-0.15, -0.1) is 11.6 Å². The highest BCUT2D eigenvalue weighted by molar-refractivity contribution is 14.1. The molecule has 3 nitrogen and oxygen atoms in total. The third-order valence-corrected chi connectivity index (χ3v) is 3.87. The van der Waals surface area contributed by atoms with Gasteiger partial charge in [0.1, 0.15) is 0 Å². The number of alkyl halides is 1. The number of benzene rings is 1. The molecule has 1 rings (SSSR count). The number of carbonyl (C=O) groups is 1. The molecule has 0 spiro atoms. The molecule has 0 aromatic heterocycles. The second kappa shape index (κ2) is 7.56. The fraction of sp³-hybridized carbons (Fsp3) is 0.364. The summed E-state index contributed by atoms with van der Waals surface area (Å²) in [5.41, 5.74) is 0.631. The van der Waals surface area contributed by atoms with Crippen LogP contribution < -0.4 is 5.32 Å². The highest BCUT2D eigenvalue weighted by Crippen LogP contribution is 2.18. The van der Waals surface area contributed by atoms with Gasteiger partial charge in [-0.05, 0) is 40.8 Å². The number of amides is 1. The molecule has 1 unspecified atom stereocenters. The van der Waals surface area contributed by atoms with Crippen molar-refractivity contribution in [1.29, 1.82) is 0 Å². The number of nitrogens with one attached hydrogen (secondary N) is 1. The molecule has 0 bridgehead atoms. The van der Waals surface area contributed by atoms with Crippen molar-refractivity contribution in [3.8, 4) is 0 Å². The monoisotopic (exact) mass is 431 g/mol. The summed E-state index contributed by atoms with van der Waals surface area (Å²) in [5, 5.41) is 2.83. The van der Waals surface area contributed by atoms with Crippen molar-refractivity contribution >= 4 is 56.0 Å². The van der Waals surface area contributed by atoms with E-state index in [9.17, 15) is 4.79 Å². The zero-order chi connectivity index (χ0) is 12.8. The topological polar surface area (TPSA) is 38.3 Å². The molecule has 0 saturated carbocycles. The van der Waals surface area contributed by atoms with E-state index < -0.39 is 0 Å². The normalized spacial score (nSPS) is 12.2. The number of carbonyl (C=O) groups excluding carboxylic acids is 1. The first-order chi connectivity index (χ1) is 8.08. The average molecular weight is 432 g/mol. The van der Waals surface area contributed by atoms with Gasteiger partial charge in [-0.25, -0.2) is 0 Å². The van der Waals surface area contributed by atoms with Crippen LogP contribution in [-0.2, 0) is 4.74 Å².